The number of carbonyl (C=O) groups excluding carboxylic acids is 1. The highest BCUT2D eigenvalue weighted by molar-refractivity contribution is 8.16. The molecule has 3 fully saturated rings. The lowest BCUT2D eigenvalue weighted by Gasteiger charge is -2.21. The predicted molar refractivity (Wildman–Crippen MR) is 108 cm³/mol. The summed E-state index contributed by atoms with van der Waals surface area (Å²) in [7, 11) is 0. The molecule has 0 radical (unpaired) electrons. The molecule has 0 aromatic heterocycles. The van der Waals surface area contributed by atoms with E-state index >= 15 is 0 Å². The Morgan fingerprint density at radius 3 is 2.40 bits per heavy atom. The molecule has 3 saturated heterocycles. The summed E-state index contributed by atoms with van der Waals surface area (Å²) in [5.41, 5.74) is 1.35. The minimum absolute atomic E-state index is 0. The number of nitrogens with zero attached hydrogens (tertiary/aromatic N) is 1. The van der Waals surface area contributed by atoms with Crippen LogP contribution >= 0.6 is 35.9 Å². The van der Waals surface area contributed by atoms with Gasteiger partial charge in [0.05, 0.1) is 4.58 Å². The van der Waals surface area contributed by atoms with E-state index in [9.17, 15) is 4.79 Å². The first-order valence-corrected chi connectivity index (χ1v) is 10.8. The van der Waals surface area contributed by atoms with Gasteiger partial charge >= 0.3 is 0 Å². The van der Waals surface area contributed by atoms with E-state index in [1.165, 1.54) is 23.5 Å². The molecule has 0 aliphatic carbocycles. The Morgan fingerprint density at radius 2 is 1.76 bits per heavy atom. The number of thioether (sulfide) groups is 2. The Hall–Kier alpha value is -0.560. The molecule has 0 bridgehead atoms. The van der Waals surface area contributed by atoms with Gasteiger partial charge in [0.1, 0.15) is 5.75 Å². The quantitative estimate of drug-likeness (QED) is 0.841. The van der Waals surface area contributed by atoms with Crippen molar-refractivity contribution in [3.63, 3.8) is 0 Å². The van der Waals surface area contributed by atoms with Crippen LogP contribution < -0.4 is 10.1 Å². The molecular weight excluding hydrogens is 376 g/mol. The third-order valence-corrected chi connectivity index (χ3v) is 8.10. The number of fused-ring (bicyclic) bond motifs is 1. The zero-order chi connectivity index (χ0) is 16.4. The van der Waals surface area contributed by atoms with Gasteiger partial charge in [0.2, 0.25) is 0 Å². The Morgan fingerprint density at radius 1 is 1.12 bits per heavy atom. The largest absolute Gasteiger partial charge is 0.484 e. The molecule has 4 nitrogen and oxygen atoms in total. The number of likely N-dealkylation sites (tertiary alicyclic amines) is 1. The van der Waals surface area contributed by atoms with Crippen molar-refractivity contribution in [1.29, 1.82) is 0 Å². The maximum atomic E-state index is 12.3. The predicted octanol–water partition coefficient (Wildman–Crippen LogP) is 3.03. The van der Waals surface area contributed by atoms with Crippen molar-refractivity contribution >= 4 is 41.8 Å². The zero-order valence-electron chi connectivity index (χ0n) is 14.2. The number of amides is 1. The zero-order valence-corrected chi connectivity index (χ0v) is 16.6. The Kier molecular flexibility index (Phi) is 6.83. The molecule has 1 aromatic carbocycles. The van der Waals surface area contributed by atoms with Gasteiger partial charge in [0.25, 0.3) is 5.91 Å². The first kappa shape index (κ1) is 19.2. The summed E-state index contributed by atoms with van der Waals surface area (Å²) in [6.45, 7) is 4.02. The summed E-state index contributed by atoms with van der Waals surface area (Å²) in [4.78, 5) is 14.3. The van der Waals surface area contributed by atoms with Crippen LogP contribution in [0.25, 0.3) is 0 Å². The second kappa shape index (κ2) is 8.89. The summed E-state index contributed by atoms with van der Waals surface area (Å²) < 4.78 is 6.27. The van der Waals surface area contributed by atoms with Gasteiger partial charge in [-0.15, -0.1) is 35.9 Å². The van der Waals surface area contributed by atoms with Crippen LogP contribution in [0.4, 0.5) is 0 Å². The van der Waals surface area contributed by atoms with Crippen LogP contribution in [0.5, 0.6) is 5.75 Å². The maximum Gasteiger partial charge on any atom is 0.260 e. The van der Waals surface area contributed by atoms with Crippen molar-refractivity contribution in [2.24, 2.45) is 11.8 Å². The minimum atomic E-state index is 0. The third-order valence-electron chi connectivity index (χ3n) is 5.08. The molecule has 138 valence electrons. The third kappa shape index (κ3) is 4.59. The Balaban J connectivity index is 0.00000182. The molecule has 3 aliphatic heterocycles. The van der Waals surface area contributed by atoms with Crippen LogP contribution in [0, 0.1) is 11.8 Å². The van der Waals surface area contributed by atoms with Crippen LogP contribution in [0.2, 0.25) is 0 Å². The van der Waals surface area contributed by atoms with E-state index < -0.39 is 0 Å². The van der Waals surface area contributed by atoms with Crippen molar-refractivity contribution < 1.29 is 9.53 Å². The van der Waals surface area contributed by atoms with E-state index in [4.69, 9.17) is 4.74 Å². The lowest BCUT2D eigenvalue weighted by atomic mass is 10.0. The fourth-order valence-electron chi connectivity index (χ4n) is 3.70. The van der Waals surface area contributed by atoms with Gasteiger partial charge in [-0.25, -0.2) is 0 Å². The molecule has 3 aliphatic rings. The average molecular weight is 401 g/mol. The van der Waals surface area contributed by atoms with Crippen molar-refractivity contribution in [3.05, 3.63) is 29.8 Å². The van der Waals surface area contributed by atoms with Gasteiger partial charge in [0, 0.05) is 26.2 Å². The summed E-state index contributed by atoms with van der Waals surface area (Å²) in [6.07, 6.45) is 1.31. The van der Waals surface area contributed by atoms with E-state index in [1.807, 2.05) is 40.6 Å². The van der Waals surface area contributed by atoms with Crippen molar-refractivity contribution in [3.8, 4) is 5.75 Å². The number of hydrogen-bond acceptors (Lipinski definition) is 5. The first-order valence-electron chi connectivity index (χ1n) is 8.74. The molecule has 1 N–H and O–H groups in total. The van der Waals surface area contributed by atoms with Crippen molar-refractivity contribution in [2.45, 2.75) is 11.0 Å². The number of halogens is 1. The van der Waals surface area contributed by atoms with Crippen LogP contribution in [0.1, 0.15) is 16.6 Å². The Bertz CT molecular complexity index is 569. The van der Waals surface area contributed by atoms with Gasteiger partial charge in [-0.2, -0.15) is 0 Å². The fourth-order valence-corrected chi connectivity index (χ4v) is 6.59. The number of nitrogens with one attached hydrogen (secondary N) is 1. The summed E-state index contributed by atoms with van der Waals surface area (Å²) in [5, 5.41) is 3.40. The number of rotatable bonds is 4. The number of benzene rings is 1. The summed E-state index contributed by atoms with van der Waals surface area (Å²) in [6, 6.07) is 8.28. The van der Waals surface area contributed by atoms with E-state index in [0.717, 1.165) is 31.9 Å². The molecule has 1 aromatic rings. The van der Waals surface area contributed by atoms with Crippen molar-refractivity contribution in [1.82, 2.24) is 10.2 Å². The lowest BCUT2D eigenvalue weighted by Crippen LogP contribution is -2.35. The van der Waals surface area contributed by atoms with Crippen LogP contribution in [0.15, 0.2) is 24.3 Å². The second-order valence-electron chi connectivity index (χ2n) is 6.76. The summed E-state index contributed by atoms with van der Waals surface area (Å²) in [5.74, 6) is 4.68. The summed E-state index contributed by atoms with van der Waals surface area (Å²) >= 11 is 4.04. The molecule has 0 unspecified atom stereocenters. The Labute approximate surface area is 164 Å². The molecule has 4 rings (SSSR count). The van der Waals surface area contributed by atoms with Gasteiger partial charge < -0.3 is 15.0 Å². The normalized spacial score (nSPS) is 26.2. The number of carbonyl (C=O) groups is 1. The van der Waals surface area contributed by atoms with Gasteiger partial charge in [0.15, 0.2) is 6.61 Å². The SMILES string of the molecule is Cl.O=C(COc1ccc(C2SCCCS2)cc1)N1C[C@H]2CNC[C@H]2C1. The highest BCUT2D eigenvalue weighted by atomic mass is 35.5. The fraction of sp³-hybridized carbons (Fsp3) is 0.611. The molecule has 25 heavy (non-hydrogen) atoms. The minimum Gasteiger partial charge on any atom is -0.484 e. The van der Waals surface area contributed by atoms with Crippen molar-refractivity contribution in [2.75, 3.05) is 44.3 Å². The molecular formula is C18H25ClN2O2S2. The first-order chi connectivity index (χ1) is 11.8. The highest BCUT2D eigenvalue weighted by Gasteiger charge is 2.37. The lowest BCUT2D eigenvalue weighted by molar-refractivity contribution is -0.132. The van der Waals surface area contributed by atoms with Gasteiger partial charge in [-0.05, 0) is 47.5 Å². The van der Waals surface area contributed by atoms with Crippen LogP contribution in [-0.4, -0.2) is 55.1 Å². The molecule has 0 saturated carbocycles. The molecule has 0 spiro atoms. The topological polar surface area (TPSA) is 41.6 Å². The molecule has 7 heteroatoms. The monoisotopic (exact) mass is 400 g/mol. The number of ether oxygens (including phenoxy) is 1. The second-order valence-corrected chi connectivity index (χ2v) is 9.49. The van der Waals surface area contributed by atoms with E-state index in [0.29, 0.717) is 16.4 Å². The van der Waals surface area contributed by atoms with Gasteiger partial charge in [-0.1, -0.05) is 12.1 Å². The standard InChI is InChI=1S/C18H24N2O2S2.ClH/c21-17(20-10-14-8-19-9-15(14)11-20)12-22-16-4-2-13(3-5-16)18-23-6-1-7-24-18;/h2-5,14-15,18-19H,1,6-12H2;1H/t14-,15+;. The average Bonchev–Trinajstić information content (AvgIpc) is 3.23. The van der Waals surface area contributed by atoms with E-state index in [1.54, 1.807) is 0 Å². The van der Waals surface area contributed by atoms with Crippen LogP contribution in [0.3, 0.4) is 0 Å². The molecule has 3 heterocycles. The smallest absolute Gasteiger partial charge is 0.260 e. The molecule has 2 atom stereocenters. The number of hydrogen-bond donors (Lipinski definition) is 1. The van der Waals surface area contributed by atoms with E-state index in [2.05, 4.69) is 17.4 Å². The van der Waals surface area contributed by atoms with E-state index in [-0.39, 0.29) is 24.9 Å². The van der Waals surface area contributed by atoms with Gasteiger partial charge in [-0.3, -0.25) is 4.79 Å². The highest BCUT2D eigenvalue weighted by Crippen LogP contribution is 2.43. The molecule has 1 amide bonds. The maximum absolute atomic E-state index is 12.3. The van der Waals surface area contributed by atoms with Crippen LogP contribution in [-0.2, 0) is 4.79 Å².